The van der Waals surface area contributed by atoms with E-state index in [1.165, 1.54) is 4.88 Å². The average molecular weight is 330 g/mol. The van der Waals surface area contributed by atoms with E-state index in [1.807, 2.05) is 0 Å². The average Bonchev–Trinajstić information content (AvgIpc) is 2.79. The van der Waals surface area contributed by atoms with E-state index in [4.69, 9.17) is 21.1 Å². The fraction of sp³-hybridized carbons (Fsp3) is 0.571. The molecule has 116 valence electrons. The van der Waals surface area contributed by atoms with Gasteiger partial charge in [-0.25, -0.2) is 4.98 Å². The molecule has 0 fully saturated rings. The molecule has 0 radical (unpaired) electrons. The van der Waals surface area contributed by atoms with Crippen LogP contribution in [0.25, 0.3) is 10.2 Å². The van der Waals surface area contributed by atoms with Crippen molar-refractivity contribution in [3.8, 4) is 0 Å². The maximum Gasteiger partial charge on any atom is 0.225 e. The number of rotatable bonds is 7. The highest BCUT2D eigenvalue weighted by Gasteiger charge is 2.20. The summed E-state index contributed by atoms with van der Waals surface area (Å²) in [5, 5.41) is 1.30. The van der Waals surface area contributed by atoms with Crippen LogP contribution in [0.3, 0.4) is 0 Å². The molecule has 7 heteroatoms. The van der Waals surface area contributed by atoms with Gasteiger partial charge in [0, 0.05) is 25.6 Å². The lowest BCUT2D eigenvalue weighted by Gasteiger charge is -2.30. The van der Waals surface area contributed by atoms with E-state index in [1.54, 1.807) is 25.6 Å². The minimum absolute atomic E-state index is 0.166. The summed E-state index contributed by atoms with van der Waals surface area (Å²) in [6.45, 7) is 6.09. The van der Waals surface area contributed by atoms with Crippen molar-refractivity contribution in [2.75, 3.05) is 38.9 Å². The van der Waals surface area contributed by atoms with Crippen LogP contribution in [0.4, 0.5) is 5.82 Å². The van der Waals surface area contributed by atoms with Gasteiger partial charge in [0.1, 0.15) is 10.6 Å². The summed E-state index contributed by atoms with van der Waals surface area (Å²) in [6, 6.07) is 2.27. The van der Waals surface area contributed by atoms with Gasteiger partial charge in [-0.1, -0.05) is 0 Å². The van der Waals surface area contributed by atoms with E-state index in [0.29, 0.717) is 13.2 Å². The van der Waals surface area contributed by atoms with Gasteiger partial charge in [0.2, 0.25) is 5.28 Å². The zero-order valence-corrected chi connectivity index (χ0v) is 14.3. The summed E-state index contributed by atoms with van der Waals surface area (Å²) in [4.78, 5) is 13.0. The topological polar surface area (TPSA) is 47.5 Å². The maximum absolute atomic E-state index is 6.09. The SMILES string of the molecule is COCCN(c1nc(Cl)nc2sc(C)cc12)C(C)COC. The molecule has 2 aromatic heterocycles. The number of aryl methyl sites for hydroxylation is 1. The van der Waals surface area contributed by atoms with Gasteiger partial charge in [-0.3, -0.25) is 0 Å². The van der Waals surface area contributed by atoms with Crippen molar-refractivity contribution in [2.24, 2.45) is 0 Å². The second kappa shape index (κ2) is 7.35. The molecule has 1 atom stereocenters. The van der Waals surface area contributed by atoms with E-state index in [9.17, 15) is 0 Å². The van der Waals surface area contributed by atoms with E-state index < -0.39 is 0 Å². The first-order chi connectivity index (χ1) is 10.1. The Morgan fingerprint density at radius 1 is 1.33 bits per heavy atom. The third-order valence-electron chi connectivity index (χ3n) is 3.22. The number of hydrogen-bond donors (Lipinski definition) is 0. The maximum atomic E-state index is 6.09. The first-order valence-electron chi connectivity index (χ1n) is 6.75. The minimum atomic E-state index is 0.166. The van der Waals surface area contributed by atoms with E-state index in [2.05, 4.69) is 34.8 Å². The van der Waals surface area contributed by atoms with Gasteiger partial charge >= 0.3 is 0 Å². The summed E-state index contributed by atoms with van der Waals surface area (Å²) in [7, 11) is 3.39. The number of ether oxygens (including phenoxy) is 2. The van der Waals surface area contributed by atoms with Gasteiger partial charge in [0.15, 0.2) is 0 Å². The van der Waals surface area contributed by atoms with Crippen LogP contribution in [0, 0.1) is 6.92 Å². The Bertz CT molecular complexity index is 605. The van der Waals surface area contributed by atoms with Crippen LogP contribution in [-0.4, -0.2) is 50.0 Å². The Morgan fingerprint density at radius 2 is 2.10 bits per heavy atom. The molecule has 0 saturated heterocycles. The smallest absolute Gasteiger partial charge is 0.225 e. The zero-order valence-electron chi connectivity index (χ0n) is 12.7. The summed E-state index contributed by atoms with van der Waals surface area (Å²) in [6.07, 6.45) is 0. The third kappa shape index (κ3) is 3.83. The van der Waals surface area contributed by atoms with Crippen LogP contribution in [0.15, 0.2) is 6.07 Å². The van der Waals surface area contributed by atoms with Crippen LogP contribution in [0.1, 0.15) is 11.8 Å². The van der Waals surface area contributed by atoms with Crippen LogP contribution in [0.2, 0.25) is 5.28 Å². The predicted octanol–water partition coefficient (Wildman–Crippen LogP) is 3.14. The van der Waals surface area contributed by atoms with Crippen molar-refractivity contribution in [3.63, 3.8) is 0 Å². The van der Waals surface area contributed by atoms with Gasteiger partial charge < -0.3 is 14.4 Å². The molecular formula is C14H20ClN3O2S. The fourth-order valence-electron chi connectivity index (χ4n) is 2.28. The predicted molar refractivity (Wildman–Crippen MR) is 87.7 cm³/mol. The molecule has 0 N–H and O–H groups in total. The van der Waals surface area contributed by atoms with Crippen molar-refractivity contribution in [3.05, 3.63) is 16.2 Å². The first kappa shape index (κ1) is 16.4. The molecule has 1 unspecified atom stereocenters. The van der Waals surface area contributed by atoms with Crippen molar-refractivity contribution in [1.29, 1.82) is 0 Å². The first-order valence-corrected chi connectivity index (χ1v) is 7.94. The Labute approximate surface area is 133 Å². The molecule has 0 spiro atoms. The van der Waals surface area contributed by atoms with Crippen molar-refractivity contribution in [1.82, 2.24) is 9.97 Å². The molecule has 0 amide bonds. The second-order valence-electron chi connectivity index (χ2n) is 4.88. The van der Waals surface area contributed by atoms with Gasteiger partial charge in [-0.05, 0) is 31.5 Å². The van der Waals surface area contributed by atoms with Crippen molar-refractivity contribution < 1.29 is 9.47 Å². The van der Waals surface area contributed by atoms with Gasteiger partial charge in [-0.2, -0.15) is 4.98 Å². The molecule has 0 aromatic carbocycles. The molecular weight excluding hydrogens is 310 g/mol. The molecule has 0 aliphatic rings. The Morgan fingerprint density at radius 3 is 2.76 bits per heavy atom. The Kier molecular flexibility index (Phi) is 5.75. The lowest BCUT2D eigenvalue weighted by atomic mass is 10.2. The fourth-order valence-corrected chi connectivity index (χ4v) is 3.37. The molecule has 0 saturated carbocycles. The van der Waals surface area contributed by atoms with Gasteiger partial charge in [0.25, 0.3) is 0 Å². The van der Waals surface area contributed by atoms with Crippen LogP contribution < -0.4 is 4.90 Å². The lowest BCUT2D eigenvalue weighted by Crippen LogP contribution is -2.39. The number of anilines is 1. The number of halogens is 1. The Hall–Kier alpha value is -0.950. The summed E-state index contributed by atoms with van der Waals surface area (Å²) in [5.41, 5.74) is 0. The van der Waals surface area contributed by atoms with Crippen LogP contribution in [0.5, 0.6) is 0 Å². The second-order valence-corrected chi connectivity index (χ2v) is 6.46. The van der Waals surface area contributed by atoms with Crippen molar-refractivity contribution >= 4 is 39.0 Å². The third-order valence-corrected chi connectivity index (χ3v) is 4.33. The van der Waals surface area contributed by atoms with E-state index in [0.717, 1.165) is 22.6 Å². The molecule has 0 bridgehead atoms. The molecule has 2 heterocycles. The largest absolute Gasteiger partial charge is 0.383 e. The van der Waals surface area contributed by atoms with Crippen LogP contribution >= 0.6 is 22.9 Å². The van der Waals surface area contributed by atoms with E-state index >= 15 is 0 Å². The quantitative estimate of drug-likeness (QED) is 0.730. The van der Waals surface area contributed by atoms with Gasteiger partial charge in [-0.15, -0.1) is 11.3 Å². The minimum Gasteiger partial charge on any atom is -0.383 e. The highest BCUT2D eigenvalue weighted by molar-refractivity contribution is 7.18. The normalized spacial score (nSPS) is 12.8. The number of hydrogen-bond acceptors (Lipinski definition) is 6. The number of aromatic nitrogens is 2. The molecule has 5 nitrogen and oxygen atoms in total. The molecule has 2 rings (SSSR count). The monoisotopic (exact) mass is 329 g/mol. The van der Waals surface area contributed by atoms with E-state index in [-0.39, 0.29) is 11.3 Å². The van der Waals surface area contributed by atoms with Crippen molar-refractivity contribution in [2.45, 2.75) is 19.9 Å². The Balaban J connectivity index is 2.46. The molecule has 21 heavy (non-hydrogen) atoms. The summed E-state index contributed by atoms with van der Waals surface area (Å²) < 4.78 is 10.5. The lowest BCUT2D eigenvalue weighted by molar-refractivity contribution is 0.170. The summed E-state index contributed by atoms with van der Waals surface area (Å²) in [5.74, 6) is 0.843. The molecule has 2 aromatic rings. The van der Waals surface area contributed by atoms with Crippen LogP contribution in [-0.2, 0) is 9.47 Å². The number of methoxy groups -OCH3 is 2. The summed E-state index contributed by atoms with van der Waals surface area (Å²) >= 11 is 7.71. The number of fused-ring (bicyclic) bond motifs is 1. The standard InChI is InChI=1S/C14H20ClN3O2S/c1-9(8-20-4)18(5-6-19-3)12-11-7-10(2)21-13(11)17-14(15)16-12/h7,9H,5-6,8H2,1-4H3. The molecule has 0 aliphatic heterocycles. The highest BCUT2D eigenvalue weighted by atomic mass is 35.5. The highest BCUT2D eigenvalue weighted by Crippen LogP contribution is 2.32. The number of thiophene rings is 1. The molecule has 0 aliphatic carbocycles. The zero-order chi connectivity index (χ0) is 15.4. The number of nitrogens with zero attached hydrogens (tertiary/aromatic N) is 3. The van der Waals surface area contributed by atoms with Gasteiger partial charge in [0.05, 0.1) is 24.6 Å².